The summed E-state index contributed by atoms with van der Waals surface area (Å²) in [4.78, 5) is 0.778. The number of rotatable bonds is 1. The summed E-state index contributed by atoms with van der Waals surface area (Å²) in [7, 11) is 0. The third kappa shape index (κ3) is 0.605. The fourth-order valence-corrected chi connectivity index (χ4v) is 14.5. The zero-order valence-corrected chi connectivity index (χ0v) is 16.7. The molecule has 4 unspecified atom stereocenters. The molecule has 0 aromatic rings. The third-order valence-corrected chi connectivity index (χ3v) is 14.9. The minimum atomic E-state index is -1.91. The molecule has 0 heterocycles. The Kier molecular flexibility index (Phi) is 2.29. The predicted molar refractivity (Wildman–Crippen MR) is 89.3 cm³/mol. The molecule has 6 rings (SSSR count). The van der Waals surface area contributed by atoms with Crippen molar-refractivity contribution in [3.63, 3.8) is 0 Å². The van der Waals surface area contributed by atoms with Crippen molar-refractivity contribution in [2.45, 2.75) is 38.5 Å². The number of amides is 1. The van der Waals surface area contributed by atoms with Crippen LogP contribution in [0.2, 0.25) is 0 Å². The van der Waals surface area contributed by atoms with E-state index in [1.54, 1.807) is 0 Å². The molecule has 6 aliphatic carbocycles. The van der Waals surface area contributed by atoms with Crippen LogP contribution in [0.4, 0.5) is 0 Å². The van der Waals surface area contributed by atoms with Crippen molar-refractivity contribution in [1.82, 2.24) is 5.43 Å². The van der Waals surface area contributed by atoms with Gasteiger partial charge in [-0.3, -0.25) is 10.2 Å². The molecule has 12 heteroatoms. The number of hydrogen-bond donors (Lipinski definition) is 2. The molecule has 3 nitrogen and oxygen atoms in total. The summed E-state index contributed by atoms with van der Waals surface area (Å²) in [5, 5.41) is 0. The van der Waals surface area contributed by atoms with Gasteiger partial charge in [-0.15, -0.1) is 81.2 Å². The number of carbonyl (C=O) groups is 1. The maximum absolute atomic E-state index is 12.5. The van der Waals surface area contributed by atoms with Crippen LogP contribution in [0.15, 0.2) is 0 Å². The Morgan fingerprint density at radius 1 is 0.636 bits per heavy atom. The Hall–Kier alpha value is 2.04. The van der Waals surface area contributed by atoms with Gasteiger partial charge >= 0.3 is 0 Å². The van der Waals surface area contributed by atoms with Crippen LogP contribution in [0.3, 0.4) is 0 Å². The molecule has 8 atom stereocenters. The molecule has 6 aliphatic rings. The van der Waals surface area contributed by atoms with Gasteiger partial charge in [-0.1, -0.05) is 23.2 Å². The van der Waals surface area contributed by atoms with Crippen molar-refractivity contribution in [3.05, 3.63) is 0 Å². The van der Waals surface area contributed by atoms with Gasteiger partial charge < -0.3 is 0 Å². The molecule has 0 aliphatic heterocycles. The summed E-state index contributed by atoms with van der Waals surface area (Å²) < 4.78 is -1.91. The Balaban J connectivity index is 1.96. The van der Waals surface area contributed by atoms with Gasteiger partial charge in [-0.05, 0) is 0 Å². The second-order valence-corrected chi connectivity index (χ2v) is 11.7. The lowest BCUT2D eigenvalue weighted by Gasteiger charge is -3.04. The molecule has 6 fully saturated rings. The van der Waals surface area contributed by atoms with Gasteiger partial charge in [0.05, 0.1) is 0 Å². The molecule has 3 N–H and O–H groups in total. The van der Waals surface area contributed by atoms with Crippen LogP contribution < -0.4 is 11.3 Å². The number of carbonyl (C=O) groups excluding carboxylic acids is 1. The van der Waals surface area contributed by atoms with Gasteiger partial charge in [0.15, 0.2) is 4.33 Å². The van der Waals surface area contributed by atoms with E-state index in [-0.39, 0.29) is 0 Å². The Morgan fingerprint density at radius 3 is 1.32 bits per heavy atom. The van der Waals surface area contributed by atoms with Crippen LogP contribution in [-0.4, -0.2) is 44.4 Å². The van der Waals surface area contributed by atoms with E-state index in [1.165, 1.54) is 0 Å². The molecule has 1 amide bonds. The smallest absolute Gasteiger partial charge is 0.245 e. The van der Waals surface area contributed by atoms with Crippen LogP contribution in [0.1, 0.15) is 0 Å². The number of nitrogens with one attached hydrogen (secondary N) is 1. The topological polar surface area (TPSA) is 55.1 Å². The first kappa shape index (κ1) is 16.2. The van der Waals surface area contributed by atoms with Crippen LogP contribution in [0, 0.1) is 5.41 Å². The zero-order chi connectivity index (χ0) is 16.8. The number of hydrogen-bond acceptors (Lipinski definition) is 2. The first-order valence-electron chi connectivity index (χ1n) is 5.94. The van der Waals surface area contributed by atoms with E-state index < -0.39 is 49.8 Å². The number of nitrogens with two attached hydrogens (primary N) is 1. The van der Waals surface area contributed by atoms with E-state index in [9.17, 15) is 4.79 Å². The van der Waals surface area contributed by atoms with Crippen molar-refractivity contribution in [1.29, 1.82) is 0 Å². The fraction of sp³-hybridized carbons (Fsp3) is 0.900. The molecule has 0 spiro atoms. The minimum Gasteiger partial charge on any atom is -0.294 e. The highest BCUT2D eigenvalue weighted by molar-refractivity contribution is 6.79. The second kappa shape index (κ2) is 3.10. The normalized spacial score (nSPS) is 76.8. The molecule has 0 radical (unpaired) electrons. The third-order valence-electron chi connectivity index (χ3n) is 6.68. The lowest BCUT2D eigenvalue weighted by Crippen LogP contribution is -3.26. The van der Waals surface area contributed by atoms with Crippen LogP contribution in [0.25, 0.3) is 0 Å². The molecular weight excluding hydrogens is 483 g/mol. The molecule has 22 heavy (non-hydrogen) atoms. The van der Waals surface area contributed by atoms with E-state index in [0.29, 0.717) is 0 Å². The minimum absolute atomic E-state index is 0.735. The number of halogens is 9. The highest BCUT2D eigenvalue weighted by atomic mass is 35.5. The van der Waals surface area contributed by atoms with Gasteiger partial charge in [-0.2, -0.15) is 0 Å². The lowest BCUT2D eigenvalue weighted by molar-refractivity contribution is -0.324. The molecule has 6 saturated carbocycles. The SMILES string of the molecule is NNC(=O)C12C3(Cl)[C@@]4(Cl)C5(Cl)C(Cl)(Cl)C(Cl)([C@@]14Cl)[C@@]2(Cl)[C@]53Cl. The molecular formula is C10H3Cl9N2O. The largest absolute Gasteiger partial charge is 0.294 e. The summed E-state index contributed by atoms with van der Waals surface area (Å²) in [6.07, 6.45) is 0. The Labute approximate surface area is 169 Å². The first-order chi connectivity index (χ1) is 9.73. The van der Waals surface area contributed by atoms with Crippen LogP contribution in [0.5, 0.6) is 0 Å². The summed E-state index contributed by atoms with van der Waals surface area (Å²) in [5.74, 6) is 4.53. The van der Waals surface area contributed by atoms with E-state index in [4.69, 9.17) is 110 Å². The first-order valence-corrected chi connectivity index (χ1v) is 9.35. The van der Waals surface area contributed by atoms with Gasteiger partial charge in [0.2, 0.25) is 5.91 Å². The van der Waals surface area contributed by atoms with Gasteiger partial charge in [0.25, 0.3) is 0 Å². The van der Waals surface area contributed by atoms with Crippen molar-refractivity contribution in [2.75, 3.05) is 0 Å². The van der Waals surface area contributed by atoms with Gasteiger partial charge in [-0.25, -0.2) is 5.84 Å². The lowest BCUT2D eigenvalue weighted by atomic mass is 9.10. The molecule has 0 aromatic carbocycles. The average Bonchev–Trinajstić information content (AvgIpc) is 2.53. The van der Waals surface area contributed by atoms with Crippen molar-refractivity contribution in [2.24, 2.45) is 11.3 Å². The second-order valence-electron chi connectivity index (χ2n) is 6.41. The van der Waals surface area contributed by atoms with E-state index in [1.807, 2.05) is 5.43 Å². The number of hydrazine groups is 1. The fourth-order valence-electron chi connectivity index (χ4n) is 6.30. The van der Waals surface area contributed by atoms with Crippen molar-refractivity contribution in [3.8, 4) is 0 Å². The Bertz CT molecular complexity index is 710. The quantitative estimate of drug-likeness (QED) is 0.259. The van der Waals surface area contributed by atoms with E-state index in [2.05, 4.69) is 0 Å². The van der Waals surface area contributed by atoms with Crippen LogP contribution in [-0.2, 0) is 4.79 Å². The highest BCUT2D eigenvalue weighted by Crippen LogP contribution is 3.18. The average molecular weight is 486 g/mol. The molecule has 2 bridgehead atoms. The molecule has 122 valence electrons. The maximum Gasteiger partial charge on any atom is 0.245 e. The van der Waals surface area contributed by atoms with Crippen LogP contribution >= 0.6 is 104 Å². The predicted octanol–water partition coefficient (Wildman–Crippen LogP) is 3.05. The summed E-state index contributed by atoms with van der Waals surface area (Å²) in [6.45, 7) is 0. The van der Waals surface area contributed by atoms with Gasteiger partial charge in [0.1, 0.15) is 39.5 Å². The van der Waals surface area contributed by atoms with E-state index >= 15 is 0 Å². The standard InChI is InChI=1S/C10H3Cl9N2O/c11-3-2(1(22)21-20)4(12)6(3,14)9(17)7(3,15)5(2,13)8(4,16)10(9,18)19/h20H2,(H,21,22)/t2?,3?,4-,5+,6-,7-,8?,9?/m0/s1. The molecule has 0 saturated heterocycles. The molecule has 0 aromatic heterocycles. The van der Waals surface area contributed by atoms with Gasteiger partial charge in [0, 0.05) is 0 Å². The Morgan fingerprint density at radius 2 is 0.955 bits per heavy atom. The maximum atomic E-state index is 12.5. The number of alkyl halides is 9. The summed E-state index contributed by atoms with van der Waals surface area (Å²) in [6, 6.07) is 0. The monoisotopic (exact) mass is 482 g/mol. The highest BCUT2D eigenvalue weighted by Gasteiger charge is 3.37. The zero-order valence-electron chi connectivity index (χ0n) is 9.89. The summed E-state index contributed by atoms with van der Waals surface area (Å²) >= 11 is 59.7. The van der Waals surface area contributed by atoms with Crippen molar-refractivity contribution >= 4 is 110 Å². The van der Waals surface area contributed by atoms with E-state index in [0.717, 1.165) is 0 Å². The van der Waals surface area contributed by atoms with Crippen molar-refractivity contribution < 1.29 is 4.79 Å². The summed E-state index contributed by atoms with van der Waals surface area (Å²) in [5.41, 5.74) is 0.362.